The van der Waals surface area contributed by atoms with Gasteiger partial charge in [0.2, 0.25) is 5.89 Å². The molecule has 0 saturated carbocycles. The van der Waals surface area contributed by atoms with E-state index in [0.29, 0.717) is 11.8 Å². The Morgan fingerprint density at radius 1 is 1.50 bits per heavy atom. The SMILES string of the molecule is CC(N)C(C)c1nc(CC2CCOC2)no1. The van der Waals surface area contributed by atoms with E-state index in [1.54, 1.807) is 0 Å². The Kier molecular flexibility index (Phi) is 3.56. The molecule has 0 spiro atoms. The summed E-state index contributed by atoms with van der Waals surface area (Å²) in [6, 6.07) is 0.0307. The van der Waals surface area contributed by atoms with E-state index in [0.717, 1.165) is 31.9 Å². The van der Waals surface area contributed by atoms with Crippen LogP contribution >= 0.6 is 0 Å². The summed E-state index contributed by atoms with van der Waals surface area (Å²) >= 11 is 0. The van der Waals surface area contributed by atoms with Crippen LogP contribution in [-0.2, 0) is 11.2 Å². The van der Waals surface area contributed by atoms with Gasteiger partial charge in [-0.2, -0.15) is 4.98 Å². The van der Waals surface area contributed by atoms with E-state index in [1.807, 2.05) is 13.8 Å². The minimum atomic E-state index is 0.0307. The molecule has 1 saturated heterocycles. The van der Waals surface area contributed by atoms with Gasteiger partial charge in [0.05, 0.1) is 5.92 Å². The van der Waals surface area contributed by atoms with Gasteiger partial charge in [-0.1, -0.05) is 12.1 Å². The molecular formula is C11H19N3O2. The first kappa shape index (κ1) is 11.5. The molecule has 2 N–H and O–H groups in total. The third-order valence-corrected chi connectivity index (χ3v) is 3.16. The maximum absolute atomic E-state index is 5.79. The monoisotopic (exact) mass is 225 g/mol. The van der Waals surface area contributed by atoms with Crippen molar-refractivity contribution in [3.05, 3.63) is 11.7 Å². The van der Waals surface area contributed by atoms with Gasteiger partial charge in [-0.15, -0.1) is 0 Å². The predicted octanol–water partition coefficient (Wildman–Crippen LogP) is 1.10. The lowest BCUT2D eigenvalue weighted by Gasteiger charge is -2.09. The van der Waals surface area contributed by atoms with Crippen molar-refractivity contribution < 1.29 is 9.26 Å². The molecule has 1 fully saturated rings. The molecule has 1 aliphatic rings. The molecule has 0 aliphatic carbocycles. The first-order chi connectivity index (χ1) is 7.66. The van der Waals surface area contributed by atoms with Crippen molar-refractivity contribution in [3.8, 4) is 0 Å². The Balaban J connectivity index is 1.96. The summed E-state index contributed by atoms with van der Waals surface area (Å²) in [5.74, 6) is 2.07. The van der Waals surface area contributed by atoms with Gasteiger partial charge in [0.25, 0.3) is 0 Å². The summed E-state index contributed by atoms with van der Waals surface area (Å²) in [6.45, 7) is 5.61. The number of hydrogen-bond donors (Lipinski definition) is 1. The van der Waals surface area contributed by atoms with E-state index >= 15 is 0 Å². The third-order valence-electron chi connectivity index (χ3n) is 3.16. The van der Waals surface area contributed by atoms with Crippen LogP contribution in [0.1, 0.15) is 37.9 Å². The van der Waals surface area contributed by atoms with E-state index in [2.05, 4.69) is 10.1 Å². The fourth-order valence-electron chi connectivity index (χ4n) is 1.76. The Hall–Kier alpha value is -0.940. The van der Waals surface area contributed by atoms with E-state index in [1.165, 1.54) is 0 Å². The van der Waals surface area contributed by atoms with Crippen LogP contribution in [0, 0.1) is 5.92 Å². The second-order valence-electron chi connectivity index (χ2n) is 4.63. The topological polar surface area (TPSA) is 74.2 Å². The second kappa shape index (κ2) is 4.93. The maximum atomic E-state index is 5.79. The fraction of sp³-hybridized carbons (Fsp3) is 0.818. The van der Waals surface area contributed by atoms with Crippen molar-refractivity contribution in [1.29, 1.82) is 0 Å². The first-order valence-corrected chi connectivity index (χ1v) is 5.82. The minimum absolute atomic E-state index is 0.0307. The molecule has 16 heavy (non-hydrogen) atoms. The lowest BCUT2D eigenvalue weighted by atomic mass is 10.0. The summed E-state index contributed by atoms with van der Waals surface area (Å²) < 4.78 is 10.5. The van der Waals surface area contributed by atoms with Crippen LogP contribution in [-0.4, -0.2) is 29.4 Å². The molecule has 0 amide bonds. The lowest BCUT2D eigenvalue weighted by molar-refractivity contribution is 0.185. The highest BCUT2D eigenvalue weighted by molar-refractivity contribution is 4.96. The summed E-state index contributed by atoms with van der Waals surface area (Å²) in [4.78, 5) is 4.38. The Bertz CT molecular complexity index is 332. The molecule has 90 valence electrons. The van der Waals surface area contributed by atoms with Gasteiger partial charge in [-0.3, -0.25) is 0 Å². The summed E-state index contributed by atoms with van der Waals surface area (Å²) in [6.07, 6.45) is 1.93. The number of aromatic nitrogens is 2. The number of nitrogens with zero attached hydrogens (tertiary/aromatic N) is 2. The van der Waals surface area contributed by atoms with Crippen molar-refractivity contribution in [2.45, 2.75) is 38.6 Å². The summed E-state index contributed by atoms with van der Waals surface area (Å²) in [5, 5.41) is 3.99. The van der Waals surface area contributed by atoms with Gasteiger partial charge in [0.1, 0.15) is 0 Å². The van der Waals surface area contributed by atoms with Crippen LogP contribution in [0.5, 0.6) is 0 Å². The van der Waals surface area contributed by atoms with Crippen molar-refractivity contribution in [2.75, 3.05) is 13.2 Å². The molecule has 1 aromatic rings. The van der Waals surface area contributed by atoms with E-state index in [4.69, 9.17) is 15.0 Å². The lowest BCUT2D eigenvalue weighted by Crippen LogP contribution is -2.22. The first-order valence-electron chi connectivity index (χ1n) is 5.82. The molecule has 2 heterocycles. The zero-order valence-electron chi connectivity index (χ0n) is 9.85. The van der Waals surface area contributed by atoms with Gasteiger partial charge < -0.3 is 15.0 Å². The van der Waals surface area contributed by atoms with Crippen LogP contribution in [0.25, 0.3) is 0 Å². The van der Waals surface area contributed by atoms with E-state index in [9.17, 15) is 0 Å². The number of nitrogens with two attached hydrogens (primary N) is 1. The van der Waals surface area contributed by atoms with Crippen LogP contribution in [0.3, 0.4) is 0 Å². The number of rotatable bonds is 4. The van der Waals surface area contributed by atoms with Gasteiger partial charge in [-0.05, 0) is 19.3 Å². The molecule has 0 bridgehead atoms. The molecule has 5 heteroatoms. The van der Waals surface area contributed by atoms with Crippen LogP contribution < -0.4 is 5.73 Å². The van der Waals surface area contributed by atoms with E-state index < -0.39 is 0 Å². The van der Waals surface area contributed by atoms with Crippen LogP contribution in [0.15, 0.2) is 4.52 Å². The highest BCUT2D eigenvalue weighted by Gasteiger charge is 2.21. The standard InChI is InChI=1S/C11H19N3O2/c1-7(8(2)12)11-13-10(14-16-11)5-9-3-4-15-6-9/h7-9H,3-6,12H2,1-2H3. The normalized spacial score (nSPS) is 24.6. The Morgan fingerprint density at radius 2 is 2.31 bits per heavy atom. The molecule has 5 nitrogen and oxygen atoms in total. The van der Waals surface area contributed by atoms with Crippen LogP contribution in [0.4, 0.5) is 0 Å². The quantitative estimate of drug-likeness (QED) is 0.830. The van der Waals surface area contributed by atoms with Gasteiger partial charge in [0.15, 0.2) is 5.82 Å². The minimum Gasteiger partial charge on any atom is -0.381 e. The summed E-state index contributed by atoms with van der Waals surface area (Å²) in [7, 11) is 0. The molecule has 3 unspecified atom stereocenters. The largest absolute Gasteiger partial charge is 0.381 e. The predicted molar refractivity (Wildman–Crippen MR) is 59.0 cm³/mol. The highest BCUT2D eigenvalue weighted by atomic mass is 16.5. The van der Waals surface area contributed by atoms with Gasteiger partial charge in [-0.25, -0.2) is 0 Å². The van der Waals surface area contributed by atoms with Crippen LogP contribution in [0.2, 0.25) is 0 Å². The molecule has 0 aromatic carbocycles. The maximum Gasteiger partial charge on any atom is 0.231 e. The molecular weight excluding hydrogens is 206 g/mol. The van der Waals surface area contributed by atoms with Gasteiger partial charge in [0, 0.05) is 25.7 Å². The molecule has 2 rings (SSSR count). The molecule has 1 aliphatic heterocycles. The van der Waals surface area contributed by atoms with Crippen molar-refractivity contribution in [3.63, 3.8) is 0 Å². The molecule has 3 atom stereocenters. The van der Waals surface area contributed by atoms with Crippen molar-refractivity contribution in [1.82, 2.24) is 10.1 Å². The molecule has 0 radical (unpaired) electrons. The second-order valence-corrected chi connectivity index (χ2v) is 4.63. The number of ether oxygens (including phenoxy) is 1. The number of hydrogen-bond acceptors (Lipinski definition) is 5. The van der Waals surface area contributed by atoms with Crippen molar-refractivity contribution in [2.24, 2.45) is 11.7 Å². The Labute approximate surface area is 95.3 Å². The molecule has 1 aromatic heterocycles. The highest BCUT2D eigenvalue weighted by Crippen LogP contribution is 2.19. The zero-order chi connectivity index (χ0) is 11.5. The van der Waals surface area contributed by atoms with Crippen molar-refractivity contribution >= 4 is 0 Å². The average Bonchev–Trinajstić information content (AvgIpc) is 2.88. The van der Waals surface area contributed by atoms with Gasteiger partial charge >= 0.3 is 0 Å². The zero-order valence-corrected chi connectivity index (χ0v) is 9.85. The average molecular weight is 225 g/mol. The van der Waals surface area contributed by atoms with E-state index in [-0.39, 0.29) is 12.0 Å². The smallest absolute Gasteiger partial charge is 0.231 e. The summed E-state index contributed by atoms with van der Waals surface area (Å²) in [5.41, 5.74) is 5.79. The third kappa shape index (κ3) is 2.59. The fourth-order valence-corrected chi connectivity index (χ4v) is 1.76. The Morgan fingerprint density at radius 3 is 2.94 bits per heavy atom.